The van der Waals surface area contributed by atoms with Crippen molar-refractivity contribution in [3.05, 3.63) is 69.1 Å². The van der Waals surface area contributed by atoms with Crippen molar-refractivity contribution in [1.29, 1.82) is 0 Å². The van der Waals surface area contributed by atoms with Crippen molar-refractivity contribution in [3.63, 3.8) is 0 Å². The average molecular weight is 364 g/mol. The summed E-state index contributed by atoms with van der Waals surface area (Å²) >= 11 is 0. The van der Waals surface area contributed by atoms with Crippen LogP contribution >= 0.6 is 0 Å². The molecule has 0 bridgehead atoms. The van der Waals surface area contributed by atoms with Crippen LogP contribution in [0.15, 0.2) is 50.7 Å². The minimum absolute atomic E-state index is 0.0233. The summed E-state index contributed by atoms with van der Waals surface area (Å²) in [5.41, 5.74) is 7.15. The molecule has 4 rings (SSSR count). The monoisotopic (exact) mass is 364 g/mol. The zero-order valence-electron chi connectivity index (χ0n) is 15.4. The van der Waals surface area contributed by atoms with Crippen LogP contribution in [0.5, 0.6) is 11.5 Å². The number of ether oxygens (including phenoxy) is 1. The standard InChI is InChI=1S/C21H20N2O4/c1-11-8-17-20(12(2)9-18(24)27-17)21(25)19(11)16-10-15(22-23-16)13-4-6-14(26-3)7-5-13/h4-9,15,22,25H,10H2,1-3H3/t15-/m1/s1. The van der Waals surface area contributed by atoms with Gasteiger partial charge in [0.05, 0.1) is 24.2 Å². The first-order chi connectivity index (χ1) is 13.0. The molecule has 0 unspecified atom stereocenters. The number of nitrogens with zero attached hydrogens (tertiary/aromatic N) is 1. The summed E-state index contributed by atoms with van der Waals surface area (Å²) in [5, 5.41) is 15.9. The van der Waals surface area contributed by atoms with Gasteiger partial charge in [-0.15, -0.1) is 0 Å². The van der Waals surface area contributed by atoms with E-state index >= 15 is 0 Å². The molecule has 2 heterocycles. The Morgan fingerprint density at radius 3 is 2.63 bits per heavy atom. The fourth-order valence-corrected chi connectivity index (χ4v) is 3.61. The van der Waals surface area contributed by atoms with Crippen LogP contribution in [-0.2, 0) is 0 Å². The topological polar surface area (TPSA) is 84.1 Å². The lowest BCUT2D eigenvalue weighted by Crippen LogP contribution is -2.10. The van der Waals surface area contributed by atoms with Crippen LogP contribution in [0.25, 0.3) is 11.0 Å². The predicted molar refractivity (Wildman–Crippen MR) is 104 cm³/mol. The summed E-state index contributed by atoms with van der Waals surface area (Å²) in [6, 6.07) is 11.0. The highest BCUT2D eigenvalue weighted by Crippen LogP contribution is 2.36. The molecule has 1 aliphatic rings. The molecule has 2 aromatic carbocycles. The van der Waals surface area contributed by atoms with Crippen LogP contribution in [-0.4, -0.2) is 17.9 Å². The first-order valence-electron chi connectivity index (χ1n) is 8.71. The van der Waals surface area contributed by atoms with Crippen molar-refractivity contribution in [1.82, 2.24) is 5.43 Å². The number of phenols is 1. The maximum absolute atomic E-state index is 11.6. The molecule has 1 aliphatic heterocycles. The Labute approximate surface area is 156 Å². The number of methoxy groups -OCH3 is 1. The normalized spacial score (nSPS) is 16.3. The van der Waals surface area contributed by atoms with Crippen LogP contribution in [0.4, 0.5) is 0 Å². The van der Waals surface area contributed by atoms with Gasteiger partial charge in [-0.3, -0.25) is 0 Å². The number of rotatable bonds is 3. The molecule has 0 fully saturated rings. The number of hydrogen-bond donors (Lipinski definition) is 2. The van der Waals surface area contributed by atoms with E-state index < -0.39 is 5.63 Å². The Morgan fingerprint density at radius 2 is 1.93 bits per heavy atom. The molecule has 27 heavy (non-hydrogen) atoms. The summed E-state index contributed by atoms with van der Waals surface area (Å²) in [4.78, 5) is 11.6. The Bertz CT molecular complexity index is 1110. The quantitative estimate of drug-likeness (QED) is 0.694. The van der Waals surface area contributed by atoms with Crippen LogP contribution in [0.2, 0.25) is 0 Å². The van der Waals surface area contributed by atoms with Crippen molar-refractivity contribution < 1.29 is 14.3 Å². The molecule has 0 amide bonds. The summed E-state index contributed by atoms with van der Waals surface area (Å²) in [6.45, 7) is 3.66. The third kappa shape index (κ3) is 2.93. The molecule has 1 aromatic heterocycles. The summed E-state index contributed by atoms with van der Waals surface area (Å²) in [7, 11) is 1.64. The lowest BCUT2D eigenvalue weighted by Gasteiger charge is -2.13. The van der Waals surface area contributed by atoms with E-state index in [1.54, 1.807) is 20.1 Å². The Hall–Kier alpha value is -3.28. The van der Waals surface area contributed by atoms with E-state index in [-0.39, 0.29) is 11.8 Å². The van der Waals surface area contributed by atoms with E-state index in [4.69, 9.17) is 9.15 Å². The van der Waals surface area contributed by atoms with E-state index in [0.717, 1.165) is 22.6 Å². The maximum atomic E-state index is 11.6. The molecule has 6 heteroatoms. The molecule has 0 saturated heterocycles. The first-order valence-corrected chi connectivity index (χ1v) is 8.71. The van der Waals surface area contributed by atoms with E-state index in [0.29, 0.717) is 28.5 Å². The fourth-order valence-electron chi connectivity index (χ4n) is 3.61. The fraction of sp³-hybridized carbons (Fsp3) is 0.238. The van der Waals surface area contributed by atoms with Gasteiger partial charge in [-0.1, -0.05) is 12.1 Å². The molecule has 2 N–H and O–H groups in total. The van der Waals surface area contributed by atoms with Crippen molar-refractivity contribution in [2.45, 2.75) is 26.3 Å². The van der Waals surface area contributed by atoms with Crippen molar-refractivity contribution in [3.8, 4) is 11.5 Å². The number of aryl methyl sites for hydroxylation is 2. The molecule has 0 spiro atoms. The largest absolute Gasteiger partial charge is 0.506 e. The van der Waals surface area contributed by atoms with Gasteiger partial charge < -0.3 is 19.7 Å². The van der Waals surface area contributed by atoms with Gasteiger partial charge >= 0.3 is 5.63 Å². The van der Waals surface area contributed by atoms with Gasteiger partial charge in [0.25, 0.3) is 0 Å². The molecular weight excluding hydrogens is 344 g/mol. The zero-order chi connectivity index (χ0) is 19.1. The third-order valence-electron chi connectivity index (χ3n) is 4.96. The van der Waals surface area contributed by atoms with E-state index in [2.05, 4.69) is 10.5 Å². The number of fused-ring (bicyclic) bond motifs is 1. The van der Waals surface area contributed by atoms with Crippen LogP contribution in [0.3, 0.4) is 0 Å². The summed E-state index contributed by atoms with van der Waals surface area (Å²) < 4.78 is 10.5. The van der Waals surface area contributed by atoms with E-state index in [1.165, 1.54) is 6.07 Å². The van der Waals surface area contributed by atoms with E-state index in [1.807, 2.05) is 31.2 Å². The SMILES string of the molecule is COc1ccc([C@H]2CC(c3c(C)cc4oc(=O)cc(C)c4c3O)=NN2)cc1. The second-order valence-electron chi connectivity index (χ2n) is 6.76. The average Bonchev–Trinajstić information content (AvgIpc) is 3.10. The summed E-state index contributed by atoms with van der Waals surface area (Å²) in [6.07, 6.45) is 0.641. The number of phenolic OH excluding ortho intramolecular Hbond substituents is 1. The van der Waals surface area contributed by atoms with Gasteiger partial charge in [-0.2, -0.15) is 5.10 Å². The number of hydrazone groups is 1. The van der Waals surface area contributed by atoms with Gasteiger partial charge in [0.15, 0.2) is 0 Å². The van der Waals surface area contributed by atoms with Crippen LogP contribution < -0.4 is 15.8 Å². The molecule has 0 radical (unpaired) electrons. The van der Waals surface area contributed by atoms with Gasteiger partial charge in [-0.05, 0) is 48.7 Å². The van der Waals surface area contributed by atoms with Crippen molar-refractivity contribution >= 4 is 16.7 Å². The second-order valence-corrected chi connectivity index (χ2v) is 6.76. The lowest BCUT2D eigenvalue weighted by atomic mass is 9.93. The first kappa shape index (κ1) is 17.1. The predicted octanol–water partition coefficient (Wildman–Crippen LogP) is 3.56. The number of nitrogens with one attached hydrogen (secondary N) is 1. The lowest BCUT2D eigenvalue weighted by molar-refractivity contribution is 0.414. The third-order valence-corrected chi connectivity index (χ3v) is 4.96. The maximum Gasteiger partial charge on any atom is 0.336 e. The van der Waals surface area contributed by atoms with Gasteiger partial charge in [0.2, 0.25) is 0 Å². The highest BCUT2D eigenvalue weighted by molar-refractivity contribution is 6.09. The van der Waals surface area contributed by atoms with Crippen molar-refractivity contribution in [2.24, 2.45) is 5.10 Å². The molecule has 1 atom stereocenters. The Kier molecular flexibility index (Phi) is 4.11. The number of benzene rings is 2. The van der Waals surface area contributed by atoms with Crippen molar-refractivity contribution in [2.75, 3.05) is 7.11 Å². The van der Waals surface area contributed by atoms with Crippen LogP contribution in [0.1, 0.15) is 34.7 Å². The second kappa shape index (κ2) is 6.46. The van der Waals surface area contributed by atoms with Gasteiger partial charge in [0, 0.05) is 18.1 Å². The summed E-state index contributed by atoms with van der Waals surface area (Å²) in [5.74, 6) is 0.903. The Balaban J connectivity index is 1.71. The number of hydrogen-bond acceptors (Lipinski definition) is 6. The minimum atomic E-state index is -0.425. The smallest absolute Gasteiger partial charge is 0.336 e. The minimum Gasteiger partial charge on any atom is -0.506 e. The molecule has 6 nitrogen and oxygen atoms in total. The molecular formula is C21H20N2O4. The molecule has 138 valence electrons. The molecule has 3 aromatic rings. The molecule has 0 aliphatic carbocycles. The van der Waals surface area contributed by atoms with Gasteiger partial charge in [-0.25, -0.2) is 4.79 Å². The van der Waals surface area contributed by atoms with Gasteiger partial charge in [0.1, 0.15) is 17.1 Å². The number of aromatic hydroxyl groups is 1. The van der Waals surface area contributed by atoms with E-state index in [9.17, 15) is 9.90 Å². The zero-order valence-corrected chi connectivity index (χ0v) is 15.4. The molecule has 0 saturated carbocycles. The highest BCUT2D eigenvalue weighted by atomic mass is 16.5. The Morgan fingerprint density at radius 1 is 1.19 bits per heavy atom. The highest BCUT2D eigenvalue weighted by Gasteiger charge is 2.26. The van der Waals surface area contributed by atoms with Crippen LogP contribution in [0, 0.1) is 13.8 Å².